The SMILES string of the molecule is COc1cc2c(cc1OC)[C@@H](NC(=O)c1ccc3ccn(C)c3c1)CC2. The number of hydrogen-bond donors (Lipinski definition) is 1. The van der Waals surface area contributed by atoms with Crippen LogP contribution in [0.15, 0.2) is 42.6 Å². The van der Waals surface area contributed by atoms with Crippen LogP contribution in [0.2, 0.25) is 0 Å². The van der Waals surface area contributed by atoms with Crippen molar-refractivity contribution in [3.63, 3.8) is 0 Å². The largest absolute Gasteiger partial charge is 0.493 e. The van der Waals surface area contributed by atoms with Crippen LogP contribution in [-0.4, -0.2) is 24.7 Å². The third kappa shape index (κ3) is 2.69. The number of amides is 1. The van der Waals surface area contributed by atoms with Crippen molar-refractivity contribution in [2.24, 2.45) is 7.05 Å². The molecule has 3 aromatic rings. The van der Waals surface area contributed by atoms with E-state index in [0.717, 1.165) is 35.1 Å². The zero-order valence-electron chi connectivity index (χ0n) is 15.2. The summed E-state index contributed by atoms with van der Waals surface area (Å²) < 4.78 is 12.8. The molecule has 0 fully saturated rings. The zero-order chi connectivity index (χ0) is 18.3. The molecule has 5 nitrogen and oxygen atoms in total. The van der Waals surface area contributed by atoms with Crippen LogP contribution < -0.4 is 14.8 Å². The van der Waals surface area contributed by atoms with E-state index < -0.39 is 0 Å². The van der Waals surface area contributed by atoms with E-state index in [1.54, 1.807) is 14.2 Å². The van der Waals surface area contributed by atoms with Crippen molar-refractivity contribution in [1.82, 2.24) is 9.88 Å². The first kappa shape index (κ1) is 16.5. The molecule has 1 atom stereocenters. The summed E-state index contributed by atoms with van der Waals surface area (Å²) in [6.45, 7) is 0. The summed E-state index contributed by atoms with van der Waals surface area (Å²) in [7, 11) is 5.25. The number of benzene rings is 2. The highest BCUT2D eigenvalue weighted by atomic mass is 16.5. The molecule has 1 aliphatic carbocycles. The fraction of sp³-hybridized carbons (Fsp3) is 0.286. The van der Waals surface area contributed by atoms with Crippen LogP contribution >= 0.6 is 0 Å². The van der Waals surface area contributed by atoms with Crippen molar-refractivity contribution in [2.45, 2.75) is 18.9 Å². The lowest BCUT2D eigenvalue weighted by Gasteiger charge is -2.16. The van der Waals surface area contributed by atoms with E-state index in [9.17, 15) is 4.79 Å². The first-order chi connectivity index (χ1) is 12.6. The maximum Gasteiger partial charge on any atom is 0.251 e. The molecule has 1 amide bonds. The predicted octanol–water partition coefficient (Wildman–Crippen LogP) is 3.61. The lowest BCUT2D eigenvalue weighted by molar-refractivity contribution is 0.0937. The number of ether oxygens (including phenoxy) is 2. The van der Waals surface area contributed by atoms with E-state index >= 15 is 0 Å². The van der Waals surface area contributed by atoms with Gasteiger partial charge >= 0.3 is 0 Å². The summed E-state index contributed by atoms with van der Waals surface area (Å²) in [5.74, 6) is 1.37. The zero-order valence-corrected chi connectivity index (χ0v) is 15.2. The summed E-state index contributed by atoms with van der Waals surface area (Å²) in [5.41, 5.74) is 4.03. The van der Waals surface area contributed by atoms with Gasteiger partial charge in [0.05, 0.1) is 20.3 Å². The monoisotopic (exact) mass is 350 g/mol. The van der Waals surface area contributed by atoms with Crippen molar-refractivity contribution in [3.05, 3.63) is 59.3 Å². The van der Waals surface area contributed by atoms with E-state index in [4.69, 9.17) is 9.47 Å². The third-order valence-corrected chi connectivity index (χ3v) is 5.18. The minimum Gasteiger partial charge on any atom is -0.493 e. The Bertz CT molecular complexity index is 990. The van der Waals surface area contributed by atoms with Gasteiger partial charge in [-0.3, -0.25) is 4.79 Å². The number of carbonyl (C=O) groups excluding carboxylic acids is 1. The molecular formula is C21H22N2O3. The average Bonchev–Trinajstić information content (AvgIpc) is 3.23. The highest BCUT2D eigenvalue weighted by Gasteiger charge is 2.26. The van der Waals surface area contributed by atoms with Gasteiger partial charge in [0.15, 0.2) is 11.5 Å². The van der Waals surface area contributed by atoms with Crippen LogP contribution in [0.1, 0.15) is 33.9 Å². The molecule has 0 saturated heterocycles. The Morgan fingerprint density at radius 3 is 2.65 bits per heavy atom. The summed E-state index contributed by atoms with van der Waals surface area (Å²) >= 11 is 0. The predicted molar refractivity (Wildman–Crippen MR) is 101 cm³/mol. The van der Waals surface area contributed by atoms with Crippen LogP contribution in [-0.2, 0) is 13.5 Å². The first-order valence-corrected chi connectivity index (χ1v) is 8.71. The topological polar surface area (TPSA) is 52.5 Å². The molecule has 5 heteroatoms. The Labute approximate surface area is 152 Å². The molecule has 1 aromatic heterocycles. The number of nitrogens with one attached hydrogen (secondary N) is 1. The van der Waals surface area contributed by atoms with E-state index in [-0.39, 0.29) is 11.9 Å². The number of fused-ring (bicyclic) bond motifs is 2. The normalized spacial score (nSPS) is 15.7. The van der Waals surface area contributed by atoms with Gasteiger partial charge in [-0.1, -0.05) is 6.07 Å². The van der Waals surface area contributed by atoms with E-state index in [0.29, 0.717) is 11.3 Å². The molecule has 2 aromatic carbocycles. The van der Waals surface area contributed by atoms with Crippen LogP contribution in [0.3, 0.4) is 0 Å². The van der Waals surface area contributed by atoms with Crippen molar-refractivity contribution in [1.29, 1.82) is 0 Å². The minimum atomic E-state index is -0.0549. The first-order valence-electron chi connectivity index (χ1n) is 8.71. The van der Waals surface area contributed by atoms with Crippen molar-refractivity contribution < 1.29 is 14.3 Å². The number of nitrogens with zero attached hydrogens (tertiary/aromatic N) is 1. The molecule has 0 radical (unpaired) electrons. The van der Waals surface area contributed by atoms with Crippen molar-refractivity contribution in [2.75, 3.05) is 14.2 Å². The molecule has 0 bridgehead atoms. The van der Waals surface area contributed by atoms with E-state index in [1.807, 2.05) is 54.2 Å². The molecule has 0 saturated carbocycles. The van der Waals surface area contributed by atoms with Crippen LogP contribution in [0.25, 0.3) is 10.9 Å². The minimum absolute atomic E-state index is 0.0126. The van der Waals surface area contributed by atoms with Gasteiger partial charge in [0.2, 0.25) is 0 Å². The Kier molecular flexibility index (Phi) is 4.07. The molecule has 134 valence electrons. The van der Waals surface area contributed by atoms with Gasteiger partial charge in [0.25, 0.3) is 5.91 Å². The Hall–Kier alpha value is -2.95. The maximum atomic E-state index is 12.8. The van der Waals surface area contributed by atoms with Gasteiger partial charge in [-0.25, -0.2) is 0 Å². The summed E-state index contributed by atoms with van der Waals surface area (Å²) in [5, 5.41) is 4.30. The van der Waals surface area contributed by atoms with Crippen molar-refractivity contribution in [3.8, 4) is 11.5 Å². The average molecular weight is 350 g/mol. The lowest BCUT2D eigenvalue weighted by atomic mass is 10.1. The molecule has 0 aliphatic heterocycles. The van der Waals surface area contributed by atoms with Gasteiger partial charge in [-0.2, -0.15) is 0 Å². The van der Waals surface area contributed by atoms with Crippen LogP contribution in [0.4, 0.5) is 0 Å². The van der Waals surface area contributed by atoms with Crippen molar-refractivity contribution >= 4 is 16.8 Å². The van der Waals surface area contributed by atoms with E-state index in [2.05, 4.69) is 5.32 Å². The Morgan fingerprint density at radius 1 is 1.12 bits per heavy atom. The lowest BCUT2D eigenvalue weighted by Crippen LogP contribution is -2.27. The molecule has 0 spiro atoms. The fourth-order valence-corrected chi connectivity index (χ4v) is 3.73. The van der Waals surface area contributed by atoms with Gasteiger partial charge < -0.3 is 19.4 Å². The number of hydrogen-bond acceptors (Lipinski definition) is 3. The highest BCUT2D eigenvalue weighted by Crippen LogP contribution is 2.39. The smallest absolute Gasteiger partial charge is 0.251 e. The number of methoxy groups -OCH3 is 2. The summed E-state index contributed by atoms with van der Waals surface area (Å²) in [4.78, 5) is 12.8. The Balaban J connectivity index is 1.60. The quantitative estimate of drug-likeness (QED) is 0.782. The molecular weight excluding hydrogens is 328 g/mol. The molecule has 0 unspecified atom stereocenters. The molecule has 1 N–H and O–H groups in total. The number of aryl methyl sites for hydroxylation is 2. The summed E-state index contributed by atoms with van der Waals surface area (Å²) in [6, 6.07) is 11.8. The molecule has 26 heavy (non-hydrogen) atoms. The van der Waals surface area contributed by atoms with Gasteiger partial charge in [0.1, 0.15) is 0 Å². The van der Waals surface area contributed by atoms with Gasteiger partial charge in [-0.15, -0.1) is 0 Å². The molecule has 1 aliphatic rings. The van der Waals surface area contributed by atoms with Gasteiger partial charge in [-0.05, 0) is 59.7 Å². The maximum absolute atomic E-state index is 12.8. The van der Waals surface area contributed by atoms with Gasteiger partial charge in [0, 0.05) is 24.3 Å². The second-order valence-corrected chi connectivity index (χ2v) is 6.67. The fourth-order valence-electron chi connectivity index (χ4n) is 3.73. The second-order valence-electron chi connectivity index (χ2n) is 6.67. The number of aromatic nitrogens is 1. The summed E-state index contributed by atoms with van der Waals surface area (Å²) in [6.07, 6.45) is 3.79. The van der Waals surface area contributed by atoms with Crippen LogP contribution in [0.5, 0.6) is 11.5 Å². The number of rotatable bonds is 4. The van der Waals surface area contributed by atoms with Crippen LogP contribution in [0, 0.1) is 0 Å². The number of carbonyl (C=O) groups is 1. The molecule has 1 heterocycles. The van der Waals surface area contributed by atoms with E-state index in [1.165, 1.54) is 5.56 Å². The standard InChI is InChI=1S/C21H22N2O3/c1-23-9-8-13-4-5-15(10-18(13)23)21(24)22-17-7-6-14-11-19(25-2)20(26-3)12-16(14)17/h4-5,8-12,17H,6-7H2,1-3H3,(H,22,24)/t17-/m0/s1. The molecule has 4 rings (SSSR count). The highest BCUT2D eigenvalue weighted by molar-refractivity contribution is 5.98. The second kappa shape index (κ2) is 6.41. The third-order valence-electron chi connectivity index (χ3n) is 5.18. The Morgan fingerprint density at radius 2 is 1.88 bits per heavy atom.